The number of pyridine rings is 1. The van der Waals surface area contributed by atoms with Crippen LogP contribution in [0.25, 0.3) is 16.9 Å². The van der Waals surface area contributed by atoms with Gasteiger partial charge in [-0.3, -0.25) is 5.26 Å². The normalized spacial score (nSPS) is 9.96. The zero-order valence-corrected chi connectivity index (χ0v) is 17.6. The number of rotatable bonds is 3. The first kappa shape index (κ1) is 19.6. The van der Waals surface area contributed by atoms with Gasteiger partial charge in [0, 0.05) is 18.0 Å². The Morgan fingerprint density at radius 2 is 1.80 bits per heavy atom. The van der Waals surface area contributed by atoms with Crippen molar-refractivity contribution in [1.82, 2.24) is 9.55 Å². The monoisotopic (exact) mass is 350 g/mol. The maximum absolute atomic E-state index is 9.43. The molecule has 0 fully saturated rings. The van der Waals surface area contributed by atoms with E-state index in [1.165, 1.54) is 11.8 Å². The number of nitriles is 2. The van der Waals surface area contributed by atoms with E-state index in [0.29, 0.717) is 22.9 Å². The molecule has 3 rings (SSSR count). The molecule has 2 aromatic heterocycles. The number of benzene rings is 1. The van der Waals surface area contributed by atoms with Gasteiger partial charge in [0.2, 0.25) is 0 Å². The van der Waals surface area contributed by atoms with Gasteiger partial charge in [-0.1, -0.05) is 43.7 Å². The smallest absolute Gasteiger partial charge is 0.346 e. The summed E-state index contributed by atoms with van der Waals surface area (Å²) < 4.78 is 1.78. The standard InChI is InChI=1S/C20H15N4.K/c1-14(2)16-4-6-17(7-5-16)19-13-24(12-18(19)10-22)20-8-3-15(9-21)11-23-20;/h4-8,11-14H,1-2H3;/q-1;+1. The van der Waals surface area contributed by atoms with Crippen molar-refractivity contribution in [2.45, 2.75) is 19.8 Å². The predicted octanol–water partition coefficient (Wildman–Crippen LogP) is 1.21. The maximum Gasteiger partial charge on any atom is 1.00 e. The van der Waals surface area contributed by atoms with Crippen LogP contribution in [0.2, 0.25) is 0 Å². The summed E-state index contributed by atoms with van der Waals surface area (Å²) in [6.45, 7) is 4.30. The summed E-state index contributed by atoms with van der Waals surface area (Å²) in [7, 11) is 0. The van der Waals surface area contributed by atoms with Crippen LogP contribution >= 0.6 is 0 Å². The molecule has 1 aromatic carbocycles. The molecule has 0 saturated carbocycles. The summed E-state index contributed by atoms with van der Waals surface area (Å²) in [6, 6.07) is 17.0. The van der Waals surface area contributed by atoms with E-state index >= 15 is 0 Å². The second kappa shape index (κ2) is 8.58. The van der Waals surface area contributed by atoms with Crippen LogP contribution in [0, 0.1) is 28.7 Å². The fourth-order valence-corrected chi connectivity index (χ4v) is 2.50. The molecule has 0 unspecified atom stereocenters. The molecular formula is C20H15KN4. The van der Waals surface area contributed by atoms with Gasteiger partial charge in [0.25, 0.3) is 0 Å². The van der Waals surface area contributed by atoms with Gasteiger partial charge in [-0.15, -0.1) is 12.1 Å². The maximum atomic E-state index is 9.43. The van der Waals surface area contributed by atoms with Crippen molar-refractivity contribution in [3.63, 3.8) is 0 Å². The second-order valence-electron chi connectivity index (χ2n) is 5.81. The van der Waals surface area contributed by atoms with Gasteiger partial charge in [-0.25, -0.2) is 0 Å². The van der Waals surface area contributed by atoms with Crippen LogP contribution in [-0.4, -0.2) is 9.55 Å². The average molecular weight is 350 g/mol. The van der Waals surface area contributed by atoms with Crippen molar-refractivity contribution in [3.8, 4) is 29.1 Å². The molecule has 0 atom stereocenters. The number of hydrogen-bond acceptors (Lipinski definition) is 3. The fraction of sp³-hybridized carbons (Fsp3) is 0.150. The molecule has 0 amide bonds. The number of aromatic nitrogens is 2. The summed E-state index contributed by atoms with van der Waals surface area (Å²) >= 11 is 0. The Bertz CT molecular complexity index is 939. The predicted molar refractivity (Wildman–Crippen MR) is 91.4 cm³/mol. The van der Waals surface area contributed by atoms with E-state index in [0.717, 1.165) is 11.1 Å². The van der Waals surface area contributed by atoms with E-state index in [9.17, 15) is 5.26 Å². The largest absolute Gasteiger partial charge is 1.00 e. The average Bonchev–Trinajstić information content (AvgIpc) is 3.06. The molecule has 0 aliphatic heterocycles. The molecular weight excluding hydrogens is 335 g/mol. The van der Waals surface area contributed by atoms with Crippen molar-refractivity contribution in [3.05, 3.63) is 71.7 Å². The Balaban J connectivity index is 0.00000225. The minimum absolute atomic E-state index is 0. The van der Waals surface area contributed by atoms with Gasteiger partial charge in [0.05, 0.1) is 11.4 Å². The van der Waals surface area contributed by atoms with Crippen LogP contribution in [-0.2, 0) is 0 Å². The molecule has 4 nitrogen and oxygen atoms in total. The Morgan fingerprint density at radius 1 is 1.08 bits per heavy atom. The van der Waals surface area contributed by atoms with Crippen molar-refractivity contribution < 1.29 is 51.4 Å². The Morgan fingerprint density at radius 3 is 2.32 bits per heavy atom. The van der Waals surface area contributed by atoms with E-state index in [-0.39, 0.29) is 51.4 Å². The molecule has 0 bridgehead atoms. The molecule has 3 aromatic rings. The zero-order valence-electron chi connectivity index (χ0n) is 14.5. The molecule has 0 aliphatic rings. The SMILES string of the molecule is CC(C)c1ccc(-c2cn(-c3c[c-]c(C#N)cn3)cc2C#N)cc1.[K+]. The molecule has 0 N–H and O–H groups in total. The summed E-state index contributed by atoms with van der Waals surface area (Å²) in [5.41, 5.74) is 4.08. The summed E-state index contributed by atoms with van der Waals surface area (Å²) in [4.78, 5) is 4.24. The van der Waals surface area contributed by atoms with Crippen LogP contribution < -0.4 is 51.4 Å². The molecule has 116 valence electrons. The van der Waals surface area contributed by atoms with E-state index in [4.69, 9.17) is 5.26 Å². The summed E-state index contributed by atoms with van der Waals surface area (Å²) in [5, 5.41) is 18.3. The van der Waals surface area contributed by atoms with Crippen molar-refractivity contribution in [2.75, 3.05) is 0 Å². The zero-order chi connectivity index (χ0) is 17.1. The van der Waals surface area contributed by atoms with Crippen molar-refractivity contribution in [1.29, 1.82) is 10.5 Å². The van der Waals surface area contributed by atoms with Crippen molar-refractivity contribution in [2.24, 2.45) is 0 Å². The Kier molecular flexibility index (Phi) is 6.72. The molecule has 25 heavy (non-hydrogen) atoms. The first-order valence-electron chi connectivity index (χ1n) is 7.63. The summed E-state index contributed by atoms with van der Waals surface area (Å²) in [6.07, 6.45) is 5.09. The van der Waals surface area contributed by atoms with Gasteiger partial charge in [0.15, 0.2) is 0 Å². The minimum Gasteiger partial charge on any atom is -0.346 e. The van der Waals surface area contributed by atoms with Gasteiger partial charge >= 0.3 is 51.4 Å². The minimum atomic E-state index is 0. The van der Waals surface area contributed by atoms with Crippen LogP contribution in [0.15, 0.2) is 48.9 Å². The number of hydrogen-bond donors (Lipinski definition) is 0. The fourth-order valence-electron chi connectivity index (χ4n) is 2.50. The van der Waals surface area contributed by atoms with Crippen LogP contribution in [0.3, 0.4) is 0 Å². The molecule has 0 aliphatic carbocycles. The first-order chi connectivity index (χ1) is 11.6. The molecule has 2 heterocycles. The quantitative estimate of drug-likeness (QED) is 0.527. The van der Waals surface area contributed by atoms with Gasteiger partial charge in [0.1, 0.15) is 6.07 Å². The van der Waals surface area contributed by atoms with Gasteiger partial charge in [-0.05, 0) is 29.3 Å². The topological polar surface area (TPSA) is 65.4 Å². The third kappa shape index (κ3) is 4.27. The summed E-state index contributed by atoms with van der Waals surface area (Å²) in [5.74, 6) is 1.09. The van der Waals surface area contributed by atoms with Crippen LogP contribution in [0.5, 0.6) is 0 Å². The van der Waals surface area contributed by atoms with E-state index in [1.807, 2.05) is 24.4 Å². The first-order valence-corrected chi connectivity index (χ1v) is 7.63. The van der Waals surface area contributed by atoms with E-state index in [1.54, 1.807) is 16.8 Å². The van der Waals surface area contributed by atoms with Crippen LogP contribution in [0.1, 0.15) is 36.5 Å². The van der Waals surface area contributed by atoms with E-state index < -0.39 is 0 Å². The molecule has 0 saturated heterocycles. The Hall–Kier alpha value is -1.73. The van der Waals surface area contributed by atoms with E-state index in [2.05, 4.69) is 43.1 Å². The molecule has 0 radical (unpaired) electrons. The number of nitrogens with zero attached hydrogens (tertiary/aromatic N) is 4. The van der Waals surface area contributed by atoms with Gasteiger partial charge in [-0.2, -0.15) is 5.26 Å². The third-order valence-electron chi connectivity index (χ3n) is 3.90. The molecule has 0 spiro atoms. The van der Waals surface area contributed by atoms with Crippen molar-refractivity contribution >= 4 is 0 Å². The molecule has 5 heteroatoms. The Labute approximate surface area is 190 Å². The van der Waals surface area contributed by atoms with Gasteiger partial charge < -0.3 is 9.55 Å². The van der Waals surface area contributed by atoms with Crippen LogP contribution in [0.4, 0.5) is 0 Å². The second-order valence-corrected chi connectivity index (χ2v) is 5.81. The third-order valence-corrected chi connectivity index (χ3v) is 3.90.